The van der Waals surface area contributed by atoms with Crippen molar-refractivity contribution in [1.29, 1.82) is 5.41 Å². The van der Waals surface area contributed by atoms with Crippen LogP contribution in [0.2, 0.25) is 0 Å². The molecule has 3 N–H and O–H groups in total. The first-order valence-corrected chi connectivity index (χ1v) is 15.5. The summed E-state index contributed by atoms with van der Waals surface area (Å²) in [5, 5.41) is 14.0. The summed E-state index contributed by atoms with van der Waals surface area (Å²) in [5.41, 5.74) is 3.84. The molecule has 0 fully saturated rings. The van der Waals surface area contributed by atoms with Gasteiger partial charge in [-0.1, -0.05) is 42.0 Å². The van der Waals surface area contributed by atoms with Crippen LogP contribution in [0.5, 0.6) is 0 Å². The number of amides is 1. The highest BCUT2D eigenvalue weighted by Gasteiger charge is 2.30. The fourth-order valence-corrected chi connectivity index (χ4v) is 5.43. The number of nitrogens with zero attached hydrogens (tertiary/aromatic N) is 1. The van der Waals surface area contributed by atoms with E-state index in [1.54, 1.807) is 30.3 Å². The van der Waals surface area contributed by atoms with Crippen molar-refractivity contribution in [3.8, 4) is 22.5 Å². The Balaban J connectivity index is 1.72. The molecular formula is C33H29F3N4O4S. The number of sulfonamides is 1. The summed E-state index contributed by atoms with van der Waals surface area (Å²) in [6, 6.07) is 20.2. The van der Waals surface area contributed by atoms with Crippen molar-refractivity contribution in [2.45, 2.75) is 13.1 Å². The minimum absolute atomic E-state index is 0.265. The summed E-state index contributed by atoms with van der Waals surface area (Å²) in [6.45, 7) is 1.94. The molecule has 5 aromatic rings. The van der Waals surface area contributed by atoms with Gasteiger partial charge in [0.05, 0.1) is 23.1 Å². The van der Waals surface area contributed by atoms with E-state index in [2.05, 4.69) is 10.6 Å². The van der Waals surface area contributed by atoms with E-state index in [4.69, 9.17) is 9.83 Å². The van der Waals surface area contributed by atoms with Crippen LogP contribution in [-0.2, 0) is 16.2 Å². The zero-order valence-corrected chi connectivity index (χ0v) is 25.5. The molecule has 0 unspecified atom stereocenters. The lowest BCUT2D eigenvalue weighted by Crippen LogP contribution is -2.25. The quantitative estimate of drug-likeness (QED) is 0.152. The van der Waals surface area contributed by atoms with Gasteiger partial charge in [-0.2, -0.15) is 13.2 Å². The molecule has 1 heterocycles. The Morgan fingerprint density at radius 1 is 0.956 bits per heavy atom. The molecule has 45 heavy (non-hydrogen) atoms. The first-order chi connectivity index (χ1) is 21.2. The Morgan fingerprint density at radius 2 is 1.60 bits per heavy atom. The average molecular weight is 635 g/mol. The Labute approximate surface area is 258 Å². The van der Waals surface area contributed by atoms with Crippen LogP contribution in [0.15, 0.2) is 83.3 Å². The van der Waals surface area contributed by atoms with E-state index in [0.717, 1.165) is 34.5 Å². The first-order valence-electron chi connectivity index (χ1n) is 13.6. The Bertz CT molecular complexity index is 2040. The standard InChI is InChI=1S/C33H29F3N4O4S/c1-19-5-7-20(8-6-19)31-30(32(41)38-2)26-16-25(28(17-29(26)44-31)40(3)45(4,42)43)21-9-10-22(18-37)27(15-21)39-24-13-11-23(12-14-24)33(34,35)36/h5-18,37,39H,1-4H3,(H,38,41). The second-order valence-electron chi connectivity index (χ2n) is 10.5. The third-order valence-electron chi connectivity index (χ3n) is 7.42. The summed E-state index contributed by atoms with van der Waals surface area (Å²) >= 11 is 0. The number of hydrogen-bond donors (Lipinski definition) is 3. The molecule has 0 atom stereocenters. The van der Waals surface area contributed by atoms with E-state index >= 15 is 0 Å². The molecule has 0 aliphatic rings. The maximum absolute atomic E-state index is 13.2. The van der Waals surface area contributed by atoms with Gasteiger partial charge in [-0.15, -0.1) is 0 Å². The number of nitrogens with one attached hydrogen (secondary N) is 3. The summed E-state index contributed by atoms with van der Waals surface area (Å²) in [5.74, 6) is -0.0819. The van der Waals surface area contributed by atoms with Crippen molar-refractivity contribution in [3.05, 3.63) is 101 Å². The molecule has 1 amide bonds. The second kappa shape index (κ2) is 11.8. The molecule has 232 valence electrons. The van der Waals surface area contributed by atoms with Gasteiger partial charge in [-0.3, -0.25) is 9.10 Å². The summed E-state index contributed by atoms with van der Waals surface area (Å²) < 4.78 is 72.1. The third kappa shape index (κ3) is 6.27. The van der Waals surface area contributed by atoms with Crippen LogP contribution in [0, 0.1) is 12.3 Å². The number of rotatable bonds is 8. The minimum atomic E-state index is -4.49. The number of alkyl halides is 3. The van der Waals surface area contributed by atoms with Gasteiger partial charge in [0.25, 0.3) is 5.91 Å². The largest absolute Gasteiger partial charge is 0.455 e. The number of aryl methyl sites for hydroxylation is 1. The second-order valence-corrected chi connectivity index (χ2v) is 12.5. The molecule has 0 bridgehead atoms. The van der Waals surface area contributed by atoms with Crippen LogP contribution in [0.4, 0.5) is 30.2 Å². The van der Waals surface area contributed by atoms with Gasteiger partial charge >= 0.3 is 6.18 Å². The van der Waals surface area contributed by atoms with Crippen molar-refractivity contribution in [2.75, 3.05) is 30.0 Å². The van der Waals surface area contributed by atoms with Crippen LogP contribution in [-0.4, -0.2) is 40.9 Å². The maximum Gasteiger partial charge on any atom is 0.416 e. The van der Waals surface area contributed by atoms with Crippen molar-refractivity contribution < 1.29 is 30.8 Å². The number of furan rings is 1. The van der Waals surface area contributed by atoms with Crippen LogP contribution in [0.3, 0.4) is 0 Å². The van der Waals surface area contributed by atoms with Crippen LogP contribution >= 0.6 is 0 Å². The van der Waals surface area contributed by atoms with Crippen molar-refractivity contribution in [3.63, 3.8) is 0 Å². The predicted octanol–water partition coefficient (Wildman–Crippen LogP) is 7.59. The normalized spacial score (nSPS) is 11.8. The van der Waals surface area contributed by atoms with E-state index in [-0.39, 0.29) is 16.8 Å². The number of fused-ring (bicyclic) bond motifs is 1. The van der Waals surface area contributed by atoms with Crippen molar-refractivity contribution in [2.24, 2.45) is 0 Å². The Kier molecular flexibility index (Phi) is 8.19. The lowest BCUT2D eigenvalue weighted by Gasteiger charge is -2.21. The van der Waals surface area contributed by atoms with E-state index in [0.29, 0.717) is 44.8 Å². The van der Waals surface area contributed by atoms with Crippen LogP contribution < -0.4 is 14.9 Å². The number of halogens is 3. The molecular weight excluding hydrogens is 605 g/mol. The monoisotopic (exact) mass is 634 g/mol. The van der Waals surface area contributed by atoms with Crippen molar-refractivity contribution in [1.82, 2.24) is 5.32 Å². The maximum atomic E-state index is 13.2. The van der Waals surface area contributed by atoms with Gasteiger partial charge in [-0.05, 0) is 48.9 Å². The number of benzene rings is 4. The lowest BCUT2D eigenvalue weighted by molar-refractivity contribution is -0.137. The van der Waals surface area contributed by atoms with E-state index in [9.17, 15) is 26.4 Å². The van der Waals surface area contributed by atoms with E-state index in [1.165, 1.54) is 26.2 Å². The van der Waals surface area contributed by atoms with Crippen molar-refractivity contribution >= 4 is 50.2 Å². The zero-order valence-electron chi connectivity index (χ0n) is 24.7. The Morgan fingerprint density at radius 3 is 2.18 bits per heavy atom. The molecule has 0 spiro atoms. The number of hydrogen-bond acceptors (Lipinski definition) is 6. The topological polar surface area (TPSA) is 116 Å². The molecule has 5 rings (SSSR count). The van der Waals surface area contributed by atoms with E-state index in [1.807, 2.05) is 31.2 Å². The van der Waals surface area contributed by atoms with Gasteiger partial charge in [0.1, 0.15) is 11.3 Å². The highest BCUT2D eigenvalue weighted by molar-refractivity contribution is 7.92. The number of carbonyl (C=O) groups excluding carboxylic acids is 1. The highest BCUT2D eigenvalue weighted by Crippen LogP contribution is 2.42. The number of anilines is 3. The molecule has 4 aromatic carbocycles. The molecule has 8 nitrogen and oxygen atoms in total. The summed E-state index contributed by atoms with van der Waals surface area (Å²) in [6.07, 6.45) is -2.33. The molecule has 0 saturated carbocycles. The highest BCUT2D eigenvalue weighted by atomic mass is 32.2. The van der Waals surface area contributed by atoms with Crippen LogP contribution in [0.25, 0.3) is 33.4 Å². The van der Waals surface area contributed by atoms with Gasteiger partial charge in [0.2, 0.25) is 10.0 Å². The van der Waals surface area contributed by atoms with Gasteiger partial charge in [0.15, 0.2) is 0 Å². The molecule has 0 aliphatic carbocycles. The van der Waals surface area contributed by atoms with Gasteiger partial charge in [0, 0.05) is 59.8 Å². The smallest absolute Gasteiger partial charge is 0.416 e. The molecule has 12 heteroatoms. The lowest BCUT2D eigenvalue weighted by atomic mass is 9.97. The molecule has 1 aromatic heterocycles. The molecule has 0 saturated heterocycles. The zero-order chi connectivity index (χ0) is 32.7. The van der Waals surface area contributed by atoms with E-state index < -0.39 is 27.7 Å². The SMILES string of the molecule is CNC(=O)c1c(-c2ccc(C)cc2)oc2cc(N(C)S(C)(=O)=O)c(-c3ccc(C=N)c(Nc4ccc(C(F)(F)F)cc4)c3)cc12. The molecule has 0 radical (unpaired) electrons. The van der Waals surface area contributed by atoms with Gasteiger partial charge < -0.3 is 20.5 Å². The summed E-state index contributed by atoms with van der Waals surface area (Å²) in [4.78, 5) is 13.2. The third-order valence-corrected chi connectivity index (χ3v) is 8.61. The minimum Gasteiger partial charge on any atom is -0.455 e. The summed E-state index contributed by atoms with van der Waals surface area (Å²) in [7, 11) is -0.854. The molecule has 0 aliphatic heterocycles. The first kappa shape index (κ1) is 31.3. The fourth-order valence-electron chi connectivity index (χ4n) is 4.92. The van der Waals surface area contributed by atoms with Crippen LogP contribution in [0.1, 0.15) is 27.0 Å². The predicted molar refractivity (Wildman–Crippen MR) is 171 cm³/mol. The van der Waals surface area contributed by atoms with Gasteiger partial charge in [-0.25, -0.2) is 8.42 Å². The Hall–Kier alpha value is -5.10. The fraction of sp³-hybridized carbons (Fsp3) is 0.152. The number of carbonyl (C=O) groups is 1. The average Bonchev–Trinajstić information content (AvgIpc) is 3.37.